The lowest BCUT2D eigenvalue weighted by molar-refractivity contribution is -0.136. The van der Waals surface area contributed by atoms with Gasteiger partial charge in [-0.2, -0.15) is 0 Å². The average Bonchev–Trinajstić information content (AvgIpc) is 3.68. The van der Waals surface area contributed by atoms with E-state index >= 15 is 0 Å². The lowest BCUT2D eigenvalue weighted by Crippen LogP contribution is -2.38. The molecule has 2 aliphatic rings. The third-order valence-corrected chi connectivity index (χ3v) is 8.42. The van der Waals surface area contributed by atoms with E-state index in [4.69, 9.17) is 9.47 Å². The van der Waals surface area contributed by atoms with Gasteiger partial charge in [0.05, 0.1) is 36.4 Å². The molecule has 42 heavy (non-hydrogen) atoms. The number of rotatable bonds is 4. The van der Waals surface area contributed by atoms with Crippen molar-refractivity contribution in [3.8, 4) is 0 Å². The fourth-order valence-corrected chi connectivity index (χ4v) is 5.32. The molecule has 0 saturated carbocycles. The van der Waals surface area contributed by atoms with Crippen LogP contribution in [0.3, 0.4) is 0 Å². The number of ether oxygens (including phenoxy) is 2. The Hall–Kier alpha value is -4.98. The van der Waals surface area contributed by atoms with E-state index in [1.807, 2.05) is 73.0 Å². The Morgan fingerprint density at radius 3 is 1.43 bits per heavy atom. The fraction of sp³-hybridized carbons (Fsp3) is 0.235. The number of hydrogen-bond acceptors (Lipinski definition) is 6. The number of benzene rings is 2. The van der Waals surface area contributed by atoms with Crippen molar-refractivity contribution in [3.05, 3.63) is 120 Å². The van der Waals surface area contributed by atoms with Crippen molar-refractivity contribution in [1.29, 1.82) is 0 Å². The molecule has 0 fully saturated rings. The molecule has 2 atom stereocenters. The number of carbonyl (C=O) groups is 2. The first kappa shape index (κ1) is 28.5. The van der Waals surface area contributed by atoms with Crippen LogP contribution in [0.15, 0.2) is 109 Å². The van der Waals surface area contributed by atoms with Crippen molar-refractivity contribution >= 4 is 33.7 Å². The summed E-state index contributed by atoms with van der Waals surface area (Å²) in [6.07, 6.45) is 15.2. The van der Waals surface area contributed by atoms with Crippen LogP contribution >= 0.6 is 0 Å². The van der Waals surface area contributed by atoms with Gasteiger partial charge in [-0.15, -0.1) is 0 Å². The Morgan fingerprint density at radius 2 is 1.07 bits per heavy atom. The van der Waals surface area contributed by atoms with Crippen molar-refractivity contribution in [2.45, 2.75) is 24.9 Å². The van der Waals surface area contributed by atoms with Gasteiger partial charge < -0.3 is 29.2 Å². The van der Waals surface area contributed by atoms with E-state index in [0.717, 1.165) is 11.0 Å². The Morgan fingerprint density at radius 1 is 0.667 bits per heavy atom. The maximum atomic E-state index is 11.6. The Kier molecular flexibility index (Phi) is 7.56. The van der Waals surface area contributed by atoms with Crippen LogP contribution in [0.5, 0.6) is 0 Å². The molecule has 0 unspecified atom stereocenters. The summed E-state index contributed by atoms with van der Waals surface area (Å²) < 4.78 is 9.54. The SMILES string of the molecule is COC(=O)C1=CN(C)[C@@](C)(c2ccc3[nH]ccc3c2)C=C1.COC(=O)C1=CN(C)[C@@](C)(c2ccc3[nH]ccc3c2)C=C1. The molecule has 0 bridgehead atoms. The highest BCUT2D eigenvalue weighted by molar-refractivity contribution is 5.92. The molecule has 4 heterocycles. The Balaban J connectivity index is 0.000000168. The number of nitrogens with zero attached hydrogens (tertiary/aromatic N) is 2. The quantitative estimate of drug-likeness (QED) is 0.301. The molecule has 0 radical (unpaired) electrons. The zero-order valence-electron chi connectivity index (χ0n) is 24.8. The van der Waals surface area contributed by atoms with Crippen LogP contribution in [-0.4, -0.2) is 60.0 Å². The van der Waals surface area contributed by atoms with Gasteiger partial charge in [-0.3, -0.25) is 0 Å². The molecule has 0 amide bonds. The molecule has 216 valence electrons. The fourth-order valence-electron chi connectivity index (χ4n) is 5.32. The molecule has 0 saturated heterocycles. The van der Waals surface area contributed by atoms with Crippen LogP contribution in [0.1, 0.15) is 25.0 Å². The molecular formula is C34H36N4O4. The number of aromatic amines is 2. The van der Waals surface area contributed by atoms with Gasteiger partial charge in [0.1, 0.15) is 0 Å². The molecule has 2 aromatic heterocycles. The average molecular weight is 565 g/mol. The maximum Gasteiger partial charge on any atom is 0.339 e. The van der Waals surface area contributed by atoms with Gasteiger partial charge in [0, 0.05) is 49.9 Å². The van der Waals surface area contributed by atoms with Crippen LogP contribution in [0.2, 0.25) is 0 Å². The van der Waals surface area contributed by atoms with Gasteiger partial charge in [-0.1, -0.05) is 24.3 Å². The Labute approximate surface area is 245 Å². The number of carbonyl (C=O) groups excluding carboxylic acids is 2. The molecule has 0 spiro atoms. The van der Waals surface area contributed by atoms with Crippen molar-refractivity contribution in [3.63, 3.8) is 0 Å². The summed E-state index contributed by atoms with van der Waals surface area (Å²) >= 11 is 0. The maximum absolute atomic E-state index is 11.6. The number of nitrogens with one attached hydrogen (secondary N) is 2. The summed E-state index contributed by atoms with van der Waals surface area (Å²) in [6, 6.07) is 16.8. The Bertz CT molecular complexity index is 1640. The summed E-state index contributed by atoms with van der Waals surface area (Å²) in [4.78, 5) is 33.7. The van der Waals surface area contributed by atoms with E-state index in [1.54, 1.807) is 0 Å². The van der Waals surface area contributed by atoms with Crippen LogP contribution < -0.4 is 0 Å². The van der Waals surface area contributed by atoms with Gasteiger partial charge in [0.2, 0.25) is 0 Å². The molecule has 8 heteroatoms. The van der Waals surface area contributed by atoms with Gasteiger partial charge in [-0.25, -0.2) is 9.59 Å². The summed E-state index contributed by atoms with van der Waals surface area (Å²) in [7, 11) is 6.72. The van der Waals surface area contributed by atoms with Crippen molar-refractivity contribution in [1.82, 2.24) is 19.8 Å². The zero-order chi connectivity index (χ0) is 30.1. The first-order valence-electron chi connectivity index (χ1n) is 13.7. The smallest absolute Gasteiger partial charge is 0.339 e. The predicted molar refractivity (Wildman–Crippen MR) is 165 cm³/mol. The normalized spacial score (nSPS) is 21.5. The summed E-state index contributed by atoms with van der Waals surface area (Å²) in [5.41, 5.74) is 5.12. The van der Waals surface area contributed by atoms with Crippen LogP contribution in [0, 0.1) is 0 Å². The number of aromatic nitrogens is 2. The molecule has 2 aromatic carbocycles. The van der Waals surface area contributed by atoms with Crippen LogP contribution in [0.4, 0.5) is 0 Å². The lowest BCUT2D eigenvalue weighted by atomic mass is 9.87. The predicted octanol–water partition coefficient (Wildman–Crippen LogP) is 5.88. The van der Waals surface area contributed by atoms with Crippen molar-refractivity contribution in [2.75, 3.05) is 28.3 Å². The molecular weight excluding hydrogens is 528 g/mol. The van der Waals surface area contributed by atoms with Gasteiger partial charge in [0.25, 0.3) is 0 Å². The highest BCUT2D eigenvalue weighted by Crippen LogP contribution is 2.36. The second-order valence-electron chi connectivity index (χ2n) is 10.9. The molecule has 4 aromatic rings. The molecule has 8 nitrogen and oxygen atoms in total. The topological polar surface area (TPSA) is 90.7 Å². The summed E-state index contributed by atoms with van der Waals surface area (Å²) in [5.74, 6) is -0.637. The van der Waals surface area contributed by atoms with Gasteiger partial charge in [-0.05, 0) is 84.3 Å². The molecule has 2 N–H and O–H groups in total. The van der Waals surface area contributed by atoms with Crippen LogP contribution in [0.25, 0.3) is 21.8 Å². The minimum Gasteiger partial charge on any atom is -0.465 e. The summed E-state index contributed by atoms with van der Waals surface area (Å²) in [6.45, 7) is 4.25. The van der Waals surface area contributed by atoms with E-state index in [0.29, 0.717) is 11.1 Å². The second-order valence-corrected chi connectivity index (χ2v) is 10.9. The number of hydrogen-bond donors (Lipinski definition) is 2. The van der Waals surface area contributed by atoms with Crippen molar-refractivity contribution < 1.29 is 19.1 Å². The lowest BCUT2D eigenvalue weighted by Gasteiger charge is -2.39. The minimum atomic E-state index is -0.318. The van der Waals surface area contributed by atoms with E-state index in [1.165, 1.54) is 36.1 Å². The monoisotopic (exact) mass is 564 g/mol. The third-order valence-electron chi connectivity index (χ3n) is 8.42. The van der Waals surface area contributed by atoms with E-state index in [-0.39, 0.29) is 23.0 Å². The first-order chi connectivity index (χ1) is 20.1. The zero-order valence-corrected chi connectivity index (χ0v) is 24.8. The number of H-pyrrole nitrogens is 2. The standard InChI is InChI=1S/2C17H18N2O2/c2*1-17(8-6-13(11-19(17)2)16(20)21-3)14-4-5-15-12(10-14)7-9-18-15/h2*4-11,18H,1-3H3/t2*17-/m11/s1. The number of esters is 2. The van der Waals surface area contributed by atoms with E-state index < -0.39 is 0 Å². The van der Waals surface area contributed by atoms with Gasteiger partial charge >= 0.3 is 11.9 Å². The molecule has 0 aliphatic carbocycles. The van der Waals surface area contributed by atoms with E-state index in [9.17, 15) is 9.59 Å². The minimum absolute atomic E-state index is 0.289. The molecule has 2 aliphatic heterocycles. The highest BCUT2D eigenvalue weighted by atomic mass is 16.5. The molecule has 6 rings (SSSR count). The number of methoxy groups -OCH3 is 2. The third kappa shape index (κ3) is 5.11. The number of likely N-dealkylation sites (N-methyl/N-ethyl adjacent to an activating group) is 2. The first-order valence-corrected chi connectivity index (χ1v) is 13.7. The largest absolute Gasteiger partial charge is 0.465 e. The second kappa shape index (κ2) is 11.1. The van der Waals surface area contributed by atoms with Crippen molar-refractivity contribution in [2.24, 2.45) is 0 Å². The van der Waals surface area contributed by atoms with Gasteiger partial charge in [0.15, 0.2) is 0 Å². The van der Waals surface area contributed by atoms with Crippen LogP contribution in [-0.2, 0) is 30.1 Å². The summed E-state index contributed by atoms with van der Waals surface area (Å²) in [5, 5.41) is 2.36. The number of fused-ring (bicyclic) bond motifs is 2. The van der Waals surface area contributed by atoms with E-state index in [2.05, 4.69) is 72.3 Å². The highest BCUT2D eigenvalue weighted by Gasteiger charge is 2.32.